The zero-order valence-corrected chi connectivity index (χ0v) is 15.3. The van der Waals surface area contributed by atoms with Gasteiger partial charge in [0.05, 0.1) is 14.2 Å². The van der Waals surface area contributed by atoms with Crippen LogP contribution in [0.25, 0.3) is 0 Å². The van der Waals surface area contributed by atoms with Crippen molar-refractivity contribution in [3.8, 4) is 11.5 Å². The zero-order chi connectivity index (χ0) is 18.4. The number of carbonyl (C=O) groups excluding carboxylic acids is 1. The van der Waals surface area contributed by atoms with Crippen LogP contribution in [0.2, 0.25) is 0 Å². The van der Waals surface area contributed by atoms with Crippen molar-refractivity contribution in [1.82, 2.24) is 10.3 Å². The summed E-state index contributed by atoms with van der Waals surface area (Å²) in [6.07, 6.45) is 1.62. The molecule has 1 heterocycles. The number of rotatable bonds is 6. The molecule has 6 nitrogen and oxygen atoms in total. The number of benzene rings is 1. The first-order valence-electron chi connectivity index (χ1n) is 8.06. The SMILES string of the molecule is COc1ccc(CNc2ccnc(C(=O)NC(C)(C)C)c2)cc1OC. The number of hydrogen-bond donors (Lipinski definition) is 2. The lowest BCUT2D eigenvalue weighted by molar-refractivity contribution is 0.0914. The van der Waals surface area contributed by atoms with Crippen LogP contribution in [0, 0.1) is 0 Å². The molecule has 1 aromatic carbocycles. The molecular weight excluding hydrogens is 318 g/mol. The average Bonchev–Trinajstić information content (AvgIpc) is 2.58. The largest absolute Gasteiger partial charge is 0.493 e. The highest BCUT2D eigenvalue weighted by molar-refractivity contribution is 5.93. The summed E-state index contributed by atoms with van der Waals surface area (Å²) >= 11 is 0. The molecule has 1 aromatic heterocycles. The second-order valence-corrected chi connectivity index (χ2v) is 6.68. The molecule has 2 N–H and O–H groups in total. The molecule has 0 bridgehead atoms. The summed E-state index contributed by atoms with van der Waals surface area (Å²) < 4.78 is 10.5. The molecular formula is C19H25N3O3. The summed E-state index contributed by atoms with van der Waals surface area (Å²) in [5.41, 5.74) is 1.94. The minimum Gasteiger partial charge on any atom is -0.493 e. The zero-order valence-electron chi connectivity index (χ0n) is 15.3. The molecule has 25 heavy (non-hydrogen) atoms. The quantitative estimate of drug-likeness (QED) is 0.842. The topological polar surface area (TPSA) is 72.5 Å². The Balaban J connectivity index is 2.06. The number of amides is 1. The minimum absolute atomic E-state index is 0.192. The smallest absolute Gasteiger partial charge is 0.270 e. The third-order valence-corrected chi connectivity index (χ3v) is 3.43. The first-order valence-corrected chi connectivity index (χ1v) is 8.06. The number of hydrogen-bond acceptors (Lipinski definition) is 5. The number of carbonyl (C=O) groups is 1. The fourth-order valence-electron chi connectivity index (χ4n) is 2.26. The van der Waals surface area contributed by atoms with Crippen molar-refractivity contribution in [3.63, 3.8) is 0 Å². The summed E-state index contributed by atoms with van der Waals surface area (Å²) in [5, 5.41) is 6.20. The van der Waals surface area contributed by atoms with Gasteiger partial charge in [-0.25, -0.2) is 0 Å². The fraction of sp³-hybridized carbons (Fsp3) is 0.368. The van der Waals surface area contributed by atoms with Crippen molar-refractivity contribution in [2.24, 2.45) is 0 Å². The first kappa shape index (κ1) is 18.6. The van der Waals surface area contributed by atoms with E-state index in [1.165, 1.54) is 0 Å². The molecule has 0 aliphatic heterocycles. The van der Waals surface area contributed by atoms with Crippen LogP contribution in [0.5, 0.6) is 11.5 Å². The Hall–Kier alpha value is -2.76. The van der Waals surface area contributed by atoms with E-state index in [1.807, 2.05) is 45.0 Å². The van der Waals surface area contributed by atoms with E-state index >= 15 is 0 Å². The predicted octanol–water partition coefficient (Wildman–Crippen LogP) is 3.24. The Morgan fingerprint density at radius 2 is 1.80 bits per heavy atom. The summed E-state index contributed by atoms with van der Waals surface area (Å²) in [4.78, 5) is 16.3. The van der Waals surface area contributed by atoms with E-state index in [4.69, 9.17) is 9.47 Å². The van der Waals surface area contributed by atoms with E-state index in [0.29, 0.717) is 23.7 Å². The molecule has 0 unspecified atom stereocenters. The van der Waals surface area contributed by atoms with Crippen LogP contribution in [0.15, 0.2) is 36.5 Å². The van der Waals surface area contributed by atoms with Crippen LogP contribution < -0.4 is 20.1 Å². The highest BCUT2D eigenvalue weighted by Gasteiger charge is 2.16. The van der Waals surface area contributed by atoms with E-state index in [1.54, 1.807) is 26.5 Å². The van der Waals surface area contributed by atoms with Crippen molar-refractivity contribution in [2.75, 3.05) is 19.5 Å². The van der Waals surface area contributed by atoms with Gasteiger partial charge in [-0.05, 0) is 50.6 Å². The van der Waals surface area contributed by atoms with Gasteiger partial charge < -0.3 is 20.1 Å². The maximum atomic E-state index is 12.2. The van der Waals surface area contributed by atoms with Crippen LogP contribution in [0.3, 0.4) is 0 Å². The highest BCUT2D eigenvalue weighted by atomic mass is 16.5. The monoisotopic (exact) mass is 343 g/mol. The second kappa shape index (κ2) is 7.88. The molecule has 0 radical (unpaired) electrons. The normalized spacial score (nSPS) is 10.9. The number of aromatic nitrogens is 1. The van der Waals surface area contributed by atoms with Gasteiger partial charge in [-0.1, -0.05) is 6.07 Å². The van der Waals surface area contributed by atoms with E-state index < -0.39 is 0 Å². The van der Waals surface area contributed by atoms with Gasteiger partial charge in [0.15, 0.2) is 11.5 Å². The van der Waals surface area contributed by atoms with Crippen LogP contribution in [-0.2, 0) is 6.54 Å². The summed E-state index contributed by atoms with van der Waals surface area (Å²) in [6.45, 7) is 6.39. The van der Waals surface area contributed by atoms with Gasteiger partial charge in [-0.15, -0.1) is 0 Å². The first-order chi connectivity index (χ1) is 11.8. The molecule has 0 fully saturated rings. The highest BCUT2D eigenvalue weighted by Crippen LogP contribution is 2.27. The number of methoxy groups -OCH3 is 2. The van der Waals surface area contributed by atoms with Gasteiger partial charge in [0.2, 0.25) is 0 Å². The standard InChI is InChI=1S/C19H25N3O3/c1-19(2,3)22-18(23)15-11-14(8-9-20-15)21-12-13-6-7-16(24-4)17(10-13)25-5/h6-11H,12H2,1-5H3,(H,20,21)(H,22,23). The van der Waals surface area contributed by atoms with E-state index in [2.05, 4.69) is 15.6 Å². The molecule has 0 atom stereocenters. The van der Waals surface area contributed by atoms with Crippen LogP contribution in [0.4, 0.5) is 5.69 Å². The van der Waals surface area contributed by atoms with Gasteiger partial charge >= 0.3 is 0 Å². The Bertz CT molecular complexity index is 739. The average molecular weight is 343 g/mol. The lowest BCUT2D eigenvalue weighted by Gasteiger charge is -2.20. The molecule has 2 aromatic rings. The molecule has 134 valence electrons. The molecule has 0 saturated carbocycles. The third-order valence-electron chi connectivity index (χ3n) is 3.43. The number of anilines is 1. The van der Waals surface area contributed by atoms with Crippen molar-refractivity contribution in [2.45, 2.75) is 32.9 Å². The molecule has 6 heteroatoms. The van der Waals surface area contributed by atoms with Gasteiger partial charge in [0, 0.05) is 24.0 Å². The van der Waals surface area contributed by atoms with Gasteiger partial charge in [-0.2, -0.15) is 0 Å². The van der Waals surface area contributed by atoms with Gasteiger partial charge in [0.25, 0.3) is 5.91 Å². The Kier molecular flexibility index (Phi) is 5.85. The fourth-order valence-corrected chi connectivity index (χ4v) is 2.26. The Labute approximate surface area is 148 Å². The molecule has 0 aliphatic rings. The van der Waals surface area contributed by atoms with Gasteiger partial charge in [-0.3, -0.25) is 9.78 Å². The van der Waals surface area contributed by atoms with Crippen molar-refractivity contribution >= 4 is 11.6 Å². The Morgan fingerprint density at radius 1 is 1.08 bits per heavy atom. The van der Waals surface area contributed by atoms with E-state index in [0.717, 1.165) is 11.3 Å². The van der Waals surface area contributed by atoms with Crippen molar-refractivity contribution in [3.05, 3.63) is 47.8 Å². The third kappa shape index (κ3) is 5.38. The maximum absolute atomic E-state index is 12.2. The Morgan fingerprint density at radius 3 is 2.44 bits per heavy atom. The molecule has 2 rings (SSSR count). The lowest BCUT2D eigenvalue weighted by Crippen LogP contribution is -2.40. The molecule has 0 spiro atoms. The molecule has 1 amide bonds. The van der Waals surface area contributed by atoms with Crippen molar-refractivity contribution in [1.29, 1.82) is 0 Å². The summed E-state index contributed by atoms with van der Waals surface area (Å²) in [5.74, 6) is 1.18. The number of ether oxygens (including phenoxy) is 2. The van der Waals surface area contributed by atoms with Gasteiger partial charge in [0.1, 0.15) is 5.69 Å². The van der Waals surface area contributed by atoms with E-state index in [9.17, 15) is 4.79 Å². The second-order valence-electron chi connectivity index (χ2n) is 6.68. The molecule has 0 saturated heterocycles. The van der Waals surface area contributed by atoms with Crippen LogP contribution in [-0.4, -0.2) is 30.6 Å². The maximum Gasteiger partial charge on any atom is 0.270 e. The number of nitrogens with one attached hydrogen (secondary N) is 2. The van der Waals surface area contributed by atoms with E-state index in [-0.39, 0.29) is 11.4 Å². The van der Waals surface area contributed by atoms with Crippen LogP contribution in [0.1, 0.15) is 36.8 Å². The molecule has 0 aliphatic carbocycles. The lowest BCUT2D eigenvalue weighted by atomic mass is 10.1. The van der Waals surface area contributed by atoms with Crippen LogP contribution >= 0.6 is 0 Å². The summed E-state index contributed by atoms with van der Waals surface area (Å²) in [6, 6.07) is 9.31. The number of nitrogens with zero attached hydrogens (tertiary/aromatic N) is 1. The summed E-state index contributed by atoms with van der Waals surface area (Å²) in [7, 11) is 3.22. The number of pyridine rings is 1. The minimum atomic E-state index is -0.304. The predicted molar refractivity (Wildman–Crippen MR) is 98.3 cm³/mol. The van der Waals surface area contributed by atoms with Crippen molar-refractivity contribution < 1.29 is 14.3 Å².